The minimum atomic E-state index is 0.0842. The molecule has 19 heavy (non-hydrogen) atoms. The zero-order valence-electron chi connectivity index (χ0n) is 12.1. The van der Waals surface area contributed by atoms with Gasteiger partial charge in [-0.15, -0.1) is 0 Å². The van der Waals surface area contributed by atoms with Crippen molar-refractivity contribution < 1.29 is 9.53 Å². The van der Waals surface area contributed by atoms with E-state index in [0.29, 0.717) is 5.92 Å². The fourth-order valence-corrected chi connectivity index (χ4v) is 3.38. The van der Waals surface area contributed by atoms with Crippen molar-refractivity contribution >= 4 is 5.91 Å². The van der Waals surface area contributed by atoms with E-state index in [1.807, 2.05) is 0 Å². The van der Waals surface area contributed by atoms with Crippen molar-refractivity contribution in [2.24, 2.45) is 17.8 Å². The van der Waals surface area contributed by atoms with Crippen LogP contribution in [-0.2, 0) is 9.53 Å². The van der Waals surface area contributed by atoms with Crippen LogP contribution >= 0.6 is 0 Å². The van der Waals surface area contributed by atoms with Crippen LogP contribution in [0.1, 0.15) is 33.1 Å². The van der Waals surface area contributed by atoms with Gasteiger partial charge in [-0.25, -0.2) is 0 Å². The third-order valence-electron chi connectivity index (χ3n) is 4.45. The predicted octanol–water partition coefficient (Wildman–Crippen LogP) is 1.26. The first-order valence-electron chi connectivity index (χ1n) is 7.77. The maximum Gasteiger partial charge on any atom is 0.225 e. The number of carbonyl (C=O) groups excluding carboxylic acids is 1. The summed E-state index contributed by atoms with van der Waals surface area (Å²) in [5, 5.41) is 3.12. The number of morpholine rings is 1. The molecular weight excluding hydrogens is 240 g/mol. The van der Waals surface area contributed by atoms with Crippen LogP contribution in [0, 0.1) is 17.8 Å². The number of fused-ring (bicyclic) bond motifs is 2. The Labute approximate surface area is 115 Å². The third kappa shape index (κ3) is 3.29. The van der Waals surface area contributed by atoms with Gasteiger partial charge >= 0.3 is 0 Å². The fourth-order valence-electron chi connectivity index (χ4n) is 3.38. The van der Waals surface area contributed by atoms with Crippen molar-refractivity contribution in [3.05, 3.63) is 0 Å². The number of amides is 1. The lowest BCUT2D eigenvalue weighted by molar-refractivity contribution is -0.128. The first-order valence-corrected chi connectivity index (χ1v) is 7.77. The standard InChI is InChI=1S/C15H26N2O2/c1-10(2)7-17-8-12-5-13(14(9-17)19-12)15(18)16-6-11-3-4-11/h10-14H,3-9H2,1-2H3,(H,16,18)/t12-,13+,14-/m1/s1. The van der Waals surface area contributed by atoms with E-state index >= 15 is 0 Å². The number of nitrogens with one attached hydrogen (secondary N) is 1. The molecule has 2 saturated heterocycles. The largest absolute Gasteiger partial charge is 0.371 e. The molecule has 3 fully saturated rings. The maximum atomic E-state index is 12.2. The van der Waals surface area contributed by atoms with Gasteiger partial charge in [0.25, 0.3) is 0 Å². The molecule has 1 amide bonds. The van der Waals surface area contributed by atoms with Gasteiger partial charge < -0.3 is 10.1 Å². The highest BCUT2D eigenvalue weighted by Gasteiger charge is 2.44. The van der Waals surface area contributed by atoms with Gasteiger partial charge in [0.2, 0.25) is 5.91 Å². The van der Waals surface area contributed by atoms with Crippen molar-refractivity contribution in [3.8, 4) is 0 Å². The normalized spacial score (nSPS) is 34.8. The molecule has 4 heteroatoms. The number of ether oxygens (including phenoxy) is 1. The van der Waals surface area contributed by atoms with Crippen LogP contribution in [-0.4, -0.2) is 49.2 Å². The number of carbonyl (C=O) groups is 1. The Balaban J connectivity index is 1.52. The molecule has 3 atom stereocenters. The average molecular weight is 266 g/mol. The molecule has 0 aromatic carbocycles. The van der Waals surface area contributed by atoms with Crippen LogP contribution in [0.5, 0.6) is 0 Å². The van der Waals surface area contributed by atoms with Crippen LogP contribution in [0.2, 0.25) is 0 Å². The lowest BCUT2D eigenvalue weighted by atomic mass is 9.99. The first kappa shape index (κ1) is 13.4. The Morgan fingerprint density at radius 3 is 2.84 bits per heavy atom. The topological polar surface area (TPSA) is 41.6 Å². The summed E-state index contributed by atoms with van der Waals surface area (Å²) in [7, 11) is 0. The second-order valence-corrected chi connectivity index (χ2v) is 6.94. The van der Waals surface area contributed by atoms with E-state index in [4.69, 9.17) is 4.74 Å². The summed E-state index contributed by atoms with van der Waals surface area (Å²) < 4.78 is 5.96. The second kappa shape index (κ2) is 5.41. The molecule has 1 aliphatic carbocycles. The molecular formula is C15H26N2O2. The minimum Gasteiger partial charge on any atom is -0.371 e. The summed E-state index contributed by atoms with van der Waals surface area (Å²) in [6.07, 6.45) is 3.88. The highest BCUT2D eigenvalue weighted by molar-refractivity contribution is 5.79. The van der Waals surface area contributed by atoms with E-state index in [9.17, 15) is 4.79 Å². The highest BCUT2D eigenvalue weighted by atomic mass is 16.5. The van der Waals surface area contributed by atoms with Crippen LogP contribution in [0.4, 0.5) is 0 Å². The molecule has 3 aliphatic rings. The van der Waals surface area contributed by atoms with E-state index in [2.05, 4.69) is 24.1 Å². The van der Waals surface area contributed by atoms with Gasteiger partial charge in [-0.05, 0) is 31.1 Å². The molecule has 0 aromatic rings. The number of hydrogen-bond donors (Lipinski definition) is 1. The Morgan fingerprint density at radius 2 is 2.16 bits per heavy atom. The molecule has 0 radical (unpaired) electrons. The number of likely N-dealkylation sites (tertiary alicyclic amines) is 1. The summed E-state index contributed by atoms with van der Waals surface area (Å²) in [4.78, 5) is 14.7. The van der Waals surface area contributed by atoms with Crippen molar-refractivity contribution in [2.75, 3.05) is 26.2 Å². The molecule has 3 rings (SSSR count). The Morgan fingerprint density at radius 1 is 1.37 bits per heavy atom. The van der Waals surface area contributed by atoms with Crippen molar-refractivity contribution in [1.82, 2.24) is 10.2 Å². The lowest BCUT2D eigenvalue weighted by Crippen LogP contribution is -2.46. The summed E-state index contributed by atoms with van der Waals surface area (Å²) in [6, 6.07) is 0. The van der Waals surface area contributed by atoms with E-state index in [1.54, 1.807) is 0 Å². The van der Waals surface area contributed by atoms with E-state index in [1.165, 1.54) is 12.8 Å². The number of hydrogen-bond acceptors (Lipinski definition) is 3. The summed E-state index contributed by atoms with van der Waals surface area (Å²) in [5.74, 6) is 1.74. The monoisotopic (exact) mass is 266 g/mol. The van der Waals surface area contributed by atoms with Crippen molar-refractivity contribution in [2.45, 2.75) is 45.3 Å². The van der Waals surface area contributed by atoms with E-state index < -0.39 is 0 Å². The highest BCUT2D eigenvalue weighted by Crippen LogP contribution is 2.33. The Hall–Kier alpha value is -0.610. The zero-order valence-corrected chi connectivity index (χ0v) is 12.1. The van der Waals surface area contributed by atoms with Crippen LogP contribution in [0.3, 0.4) is 0 Å². The maximum absolute atomic E-state index is 12.2. The van der Waals surface area contributed by atoms with Gasteiger partial charge in [-0.1, -0.05) is 13.8 Å². The van der Waals surface area contributed by atoms with Gasteiger partial charge in [-0.2, -0.15) is 0 Å². The second-order valence-electron chi connectivity index (χ2n) is 6.94. The van der Waals surface area contributed by atoms with Gasteiger partial charge in [0.1, 0.15) is 0 Å². The SMILES string of the molecule is CC(C)CN1C[C@H]2C[C@H](C(=O)NCC3CC3)[C@@H](C1)O2. The third-order valence-corrected chi connectivity index (χ3v) is 4.45. The van der Waals surface area contributed by atoms with Crippen LogP contribution < -0.4 is 5.32 Å². The van der Waals surface area contributed by atoms with Crippen molar-refractivity contribution in [3.63, 3.8) is 0 Å². The number of rotatable bonds is 5. The lowest BCUT2D eigenvalue weighted by Gasteiger charge is -2.33. The first-order chi connectivity index (χ1) is 9.11. The molecule has 108 valence electrons. The Kier molecular flexibility index (Phi) is 3.81. The fraction of sp³-hybridized carbons (Fsp3) is 0.933. The average Bonchev–Trinajstić information content (AvgIpc) is 3.11. The molecule has 1 saturated carbocycles. The summed E-state index contributed by atoms with van der Waals surface area (Å²) in [6.45, 7) is 8.42. The molecule has 2 bridgehead atoms. The molecule has 2 heterocycles. The summed E-state index contributed by atoms with van der Waals surface area (Å²) in [5.41, 5.74) is 0. The Bertz CT molecular complexity index is 341. The molecule has 1 N–H and O–H groups in total. The van der Waals surface area contributed by atoms with Gasteiger partial charge in [0.05, 0.1) is 18.1 Å². The number of nitrogens with zero attached hydrogens (tertiary/aromatic N) is 1. The van der Waals surface area contributed by atoms with Gasteiger partial charge in [0, 0.05) is 26.2 Å². The van der Waals surface area contributed by atoms with Crippen LogP contribution in [0.25, 0.3) is 0 Å². The van der Waals surface area contributed by atoms with Gasteiger partial charge in [0.15, 0.2) is 0 Å². The van der Waals surface area contributed by atoms with Gasteiger partial charge in [-0.3, -0.25) is 9.69 Å². The molecule has 2 aliphatic heterocycles. The molecule has 0 aromatic heterocycles. The zero-order chi connectivity index (χ0) is 13.4. The quantitative estimate of drug-likeness (QED) is 0.814. The van der Waals surface area contributed by atoms with E-state index in [0.717, 1.165) is 38.5 Å². The minimum absolute atomic E-state index is 0.0842. The predicted molar refractivity (Wildman–Crippen MR) is 73.8 cm³/mol. The molecule has 0 unspecified atom stereocenters. The molecule has 0 spiro atoms. The summed E-state index contributed by atoms with van der Waals surface area (Å²) >= 11 is 0. The smallest absolute Gasteiger partial charge is 0.225 e. The van der Waals surface area contributed by atoms with E-state index in [-0.39, 0.29) is 24.0 Å². The molecule has 4 nitrogen and oxygen atoms in total. The van der Waals surface area contributed by atoms with Crippen LogP contribution in [0.15, 0.2) is 0 Å². The van der Waals surface area contributed by atoms with Crippen molar-refractivity contribution in [1.29, 1.82) is 0 Å².